The van der Waals surface area contributed by atoms with E-state index in [-0.39, 0.29) is 12.2 Å². The van der Waals surface area contributed by atoms with E-state index in [9.17, 15) is 23.1 Å². The molecule has 1 atom stereocenters. The standard InChI is InChI=1S/C16H23N3O5S/c1-16(2,3)17-25(23,24)19(12-8-5-4-6-9-12)14(20)13-10-7-11-18(13)15(21)22/h4-6,8-9,13,17H,7,10-11H2,1-3H3,(H,21,22)/t13-/m0/s1. The number of para-hydroxylation sites is 1. The second-order valence-corrected chi connectivity index (χ2v) is 8.45. The lowest BCUT2D eigenvalue weighted by molar-refractivity contribution is -0.121. The molecule has 0 unspecified atom stereocenters. The molecule has 0 saturated carbocycles. The van der Waals surface area contributed by atoms with E-state index in [4.69, 9.17) is 0 Å². The maximum Gasteiger partial charge on any atom is 0.407 e. The van der Waals surface area contributed by atoms with E-state index in [1.807, 2.05) is 0 Å². The van der Waals surface area contributed by atoms with Crippen LogP contribution in [0.1, 0.15) is 33.6 Å². The van der Waals surface area contributed by atoms with Crippen LogP contribution in [0.25, 0.3) is 0 Å². The number of anilines is 1. The third kappa shape index (κ3) is 4.49. The molecule has 1 aromatic rings. The van der Waals surface area contributed by atoms with Gasteiger partial charge < -0.3 is 5.11 Å². The molecule has 0 spiro atoms. The van der Waals surface area contributed by atoms with Gasteiger partial charge in [0.15, 0.2) is 0 Å². The number of carboxylic acid groups (broad SMARTS) is 1. The first-order valence-electron chi connectivity index (χ1n) is 7.95. The van der Waals surface area contributed by atoms with Gasteiger partial charge in [0.1, 0.15) is 6.04 Å². The highest BCUT2D eigenvalue weighted by atomic mass is 32.2. The van der Waals surface area contributed by atoms with E-state index >= 15 is 0 Å². The zero-order chi connectivity index (χ0) is 18.8. The molecule has 1 aliphatic rings. The number of carbonyl (C=O) groups is 2. The zero-order valence-electron chi connectivity index (χ0n) is 14.5. The summed E-state index contributed by atoms with van der Waals surface area (Å²) >= 11 is 0. The van der Waals surface area contributed by atoms with Crippen molar-refractivity contribution < 1.29 is 23.1 Å². The number of nitrogens with one attached hydrogen (secondary N) is 1. The van der Waals surface area contributed by atoms with Gasteiger partial charge in [0.2, 0.25) is 0 Å². The topological polar surface area (TPSA) is 107 Å². The van der Waals surface area contributed by atoms with Crippen LogP contribution in [0.4, 0.5) is 10.5 Å². The molecule has 0 radical (unpaired) electrons. The number of nitrogens with zero attached hydrogens (tertiary/aromatic N) is 2. The third-order valence-corrected chi connectivity index (χ3v) is 5.39. The van der Waals surface area contributed by atoms with Gasteiger partial charge in [-0.05, 0) is 45.7 Å². The Morgan fingerprint density at radius 1 is 1.24 bits per heavy atom. The normalized spacial score (nSPS) is 18.2. The van der Waals surface area contributed by atoms with Gasteiger partial charge in [-0.15, -0.1) is 0 Å². The molecule has 8 nitrogen and oxygen atoms in total. The average Bonchev–Trinajstić information content (AvgIpc) is 2.95. The van der Waals surface area contributed by atoms with Crippen molar-refractivity contribution in [3.63, 3.8) is 0 Å². The summed E-state index contributed by atoms with van der Waals surface area (Å²) in [4.78, 5) is 25.3. The van der Waals surface area contributed by atoms with E-state index < -0.39 is 33.8 Å². The van der Waals surface area contributed by atoms with Crippen LogP contribution in [0.5, 0.6) is 0 Å². The van der Waals surface area contributed by atoms with E-state index in [1.54, 1.807) is 39.0 Å². The molecule has 2 N–H and O–H groups in total. The second kappa shape index (κ2) is 7.01. The van der Waals surface area contributed by atoms with Gasteiger partial charge in [0.05, 0.1) is 5.69 Å². The molecule has 25 heavy (non-hydrogen) atoms. The van der Waals surface area contributed by atoms with Crippen molar-refractivity contribution in [2.75, 3.05) is 10.8 Å². The van der Waals surface area contributed by atoms with Gasteiger partial charge in [-0.1, -0.05) is 18.2 Å². The predicted octanol–water partition coefficient (Wildman–Crippen LogP) is 1.79. The molecule has 1 aliphatic heterocycles. The summed E-state index contributed by atoms with van der Waals surface area (Å²) in [5.41, 5.74) is -0.629. The molecule has 2 rings (SSSR count). The molecule has 0 aromatic heterocycles. The minimum absolute atomic E-state index is 0.168. The Morgan fingerprint density at radius 2 is 1.84 bits per heavy atom. The van der Waals surface area contributed by atoms with Gasteiger partial charge in [0, 0.05) is 12.1 Å². The summed E-state index contributed by atoms with van der Waals surface area (Å²) in [5, 5.41) is 9.26. The highest BCUT2D eigenvalue weighted by Gasteiger charge is 2.42. The minimum atomic E-state index is -4.20. The van der Waals surface area contributed by atoms with Crippen LogP contribution in [0, 0.1) is 0 Å². The number of carbonyl (C=O) groups excluding carboxylic acids is 1. The van der Waals surface area contributed by atoms with Crippen molar-refractivity contribution in [1.82, 2.24) is 9.62 Å². The summed E-state index contributed by atoms with van der Waals surface area (Å²) in [5.74, 6) is -0.775. The highest BCUT2D eigenvalue weighted by molar-refractivity contribution is 7.91. The SMILES string of the molecule is CC(C)(C)NS(=O)(=O)N(C(=O)[C@@H]1CCCN1C(=O)O)c1ccccc1. The molecule has 138 valence electrons. The Kier molecular flexibility index (Phi) is 5.38. The van der Waals surface area contributed by atoms with Crippen molar-refractivity contribution in [3.05, 3.63) is 30.3 Å². The monoisotopic (exact) mass is 369 g/mol. The molecule has 1 saturated heterocycles. The second-order valence-electron chi connectivity index (χ2n) is 6.93. The van der Waals surface area contributed by atoms with Crippen molar-refractivity contribution in [2.24, 2.45) is 0 Å². The maximum absolute atomic E-state index is 13.0. The summed E-state index contributed by atoms with van der Waals surface area (Å²) in [6.45, 7) is 5.20. The smallest absolute Gasteiger partial charge is 0.407 e. The molecule has 0 aliphatic carbocycles. The first-order chi connectivity index (χ1) is 11.5. The van der Waals surface area contributed by atoms with Crippen LogP contribution >= 0.6 is 0 Å². The number of hydrogen-bond donors (Lipinski definition) is 2. The van der Waals surface area contributed by atoms with Gasteiger partial charge in [0.25, 0.3) is 5.91 Å². The lowest BCUT2D eigenvalue weighted by Gasteiger charge is -2.31. The number of likely N-dealkylation sites (tertiary alicyclic amines) is 1. The lowest BCUT2D eigenvalue weighted by Crippen LogP contribution is -2.55. The van der Waals surface area contributed by atoms with Crippen LogP contribution in [0.3, 0.4) is 0 Å². The first kappa shape index (κ1) is 19.2. The molecule has 1 heterocycles. The van der Waals surface area contributed by atoms with Crippen molar-refractivity contribution in [2.45, 2.75) is 45.2 Å². The van der Waals surface area contributed by atoms with Gasteiger partial charge in [-0.25, -0.2) is 4.79 Å². The number of rotatable bonds is 4. The molecule has 0 bridgehead atoms. The zero-order valence-corrected chi connectivity index (χ0v) is 15.3. The van der Waals surface area contributed by atoms with Crippen LogP contribution in [0.15, 0.2) is 30.3 Å². The fraction of sp³-hybridized carbons (Fsp3) is 0.500. The molecule has 1 aromatic carbocycles. The molecule has 2 amide bonds. The van der Waals surface area contributed by atoms with Crippen LogP contribution in [0.2, 0.25) is 0 Å². The maximum atomic E-state index is 13.0. The third-order valence-electron chi connectivity index (χ3n) is 3.65. The summed E-state index contributed by atoms with van der Waals surface area (Å²) in [6, 6.07) is 6.92. The number of amides is 2. The van der Waals surface area contributed by atoms with E-state index in [0.717, 1.165) is 4.90 Å². The van der Waals surface area contributed by atoms with Crippen LogP contribution in [-0.4, -0.2) is 48.6 Å². The van der Waals surface area contributed by atoms with Gasteiger partial charge >= 0.3 is 16.3 Å². The fourth-order valence-corrected chi connectivity index (χ4v) is 4.39. The minimum Gasteiger partial charge on any atom is -0.465 e. The largest absolute Gasteiger partial charge is 0.465 e. The number of benzene rings is 1. The Balaban J connectivity index is 2.46. The van der Waals surface area contributed by atoms with Crippen molar-refractivity contribution >= 4 is 27.9 Å². The Morgan fingerprint density at radius 3 is 2.36 bits per heavy atom. The molecular weight excluding hydrogens is 346 g/mol. The van der Waals surface area contributed by atoms with Gasteiger partial charge in [-0.2, -0.15) is 17.4 Å². The van der Waals surface area contributed by atoms with Crippen molar-refractivity contribution in [3.8, 4) is 0 Å². The summed E-state index contributed by atoms with van der Waals surface area (Å²) in [6.07, 6.45) is -0.428. The van der Waals surface area contributed by atoms with Crippen LogP contribution in [-0.2, 0) is 15.0 Å². The van der Waals surface area contributed by atoms with E-state index in [1.165, 1.54) is 12.1 Å². The summed E-state index contributed by atoms with van der Waals surface area (Å²) < 4.78 is 28.8. The summed E-state index contributed by atoms with van der Waals surface area (Å²) in [7, 11) is -4.20. The quantitative estimate of drug-likeness (QED) is 0.841. The highest BCUT2D eigenvalue weighted by Crippen LogP contribution is 2.25. The molecule has 1 fully saturated rings. The van der Waals surface area contributed by atoms with Gasteiger partial charge in [-0.3, -0.25) is 9.69 Å². The van der Waals surface area contributed by atoms with Crippen LogP contribution < -0.4 is 9.03 Å². The molecule has 9 heteroatoms. The predicted molar refractivity (Wildman–Crippen MR) is 93.5 cm³/mol. The number of hydrogen-bond acceptors (Lipinski definition) is 4. The van der Waals surface area contributed by atoms with Crippen molar-refractivity contribution in [1.29, 1.82) is 0 Å². The lowest BCUT2D eigenvalue weighted by atomic mass is 10.1. The Bertz CT molecular complexity index is 743. The Labute approximate surface area is 147 Å². The average molecular weight is 369 g/mol. The fourth-order valence-electron chi connectivity index (χ4n) is 2.77. The molecular formula is C16H23N3O5S. The van der Waals surface area contributed by atoms with E-state index in [0.29, 0.717) is 17.1 Å². The Hall–Kier alpha value is -2.13. The van der Waals surface area contributed by atoms with E-state index in [2.05, 4.69) is 4.72 Å². The first-order valence-corrected chi connectivity index (χ1v) is 9.39.